The summed E-state index contributed by atoms with van der Waals surface area (Å²) in [6.45, 7) is 5.03. The number of rotatable bonds is 11. The Hall–Kier alpha value is -3.70. The summed E-state index contributed by atoms with van der Waals surface area (Å²) in [6, 6.07) is 19.9. The van der Waals surface area contributed by atoms with Crippen molar-refractivity contribution in [2.24, 2.45) is 5.10 Å². The Labute approximate surface area is 231 Å². The lowest BCUT2D eigenvalue weighted by Crippen LogP contribution is -2.39. The molecule has 11 heteroatoms. The van der Waals surface area contributed by atoms with Gasteiger partial charge in [0.2, 0.25) is 0 Å². The van der Waals surface area contributed by atoms with Crippen molar-refractivity contribution in [1.29, 1.82) is 0 Å². The first-order valence-electron chi connectivity index (χ1n) is 11.7. The molecule has 200 valence electrons. The molecule has 3 aromatic rings. The molecule has 0 aliphatic carbocycles. The van der Waals surface area contributed by atoms with E-state index in [1.807, 2.05) is 20.8 Å². The van der Waals surface area contributed by atoms with Crippen LogP contribution in [0.15, 0.2) is 87.3 Å². The van der Waals surface area contributed by atoms with Gasteiger partial charge in [0, 0.05) is 10.5 Å². The van der Waals surface area contributed by atoms with Crippen molar-refractivity contribution in [3.8, 4) is 5.75 Å². The molecule has 0 saturated carbocycles. The molecule has 3 aromatic carbocycles. The third kappa shape index (κ3) is 8.42. The van der Waals surface area contributed by atoms with Gasteiger partial charge in [-0.05, 0) is 87.0 Å². The molecule has 0 spiro atoms. The van der Waals surface area contributed by atoms with E-state index in [0.717, 1.165) is 14.3 Å². The fourth-order valence-electron chi connectivity index (χ4n) is 3.27. The summed E-state index contributed by atoms with van der Waals surface area (Å²) in [6.07, 6.45) is 1.42. The van der Waals surface area contributed by atoms with Crippen LogP contribution in [0.4, 0.5) is 5.69 Å². The molecule has 0 unspecified atom stereocenters. The summed E-state index contributed by atoms with van der Waals surface area (Å²) in [5.41, 5.74) is 4.30. The topological polar surface area (TPSA) is 117 Å². The number of nitrogens with zero attached hydrogens (tertiary/aromatic N) is 2. The number of benzene rings is 3. The number of nitrogens with one attached hydrogen (secondary N) is 2. The molecule has 0 aromatic heterocycles. The van der Waals surface area contributed by atoms with Crippen LogP contribution < -0.4 is 19.8 Å². The number of anilines is 1. The number of halogens is 1. The Bertz CT molecular complexity index is 1370. The van der Waals surface area contributed by atoms with Crippen molar-refractivity contribution >= 4 is 49.7 Å². The van der Waals surface area contributed by atoms with Gasteiger partial charge in [-0.2, -0.15) is 5.10 Å². The lowest BCUT2D eigenvalue weighted by molar-refractivity contribution is -0.123. The fourth-order valence-corrected chi connectivity index (χ4v) is 4.95. The Morgan fingerprint density at radius 2 is 1.61 bits per heavy atom. The molecule has 0 fully saturated rings. The Morgan fingerprint density at radius 1 is 0.974 bits per heavy atom. The molecular weight excluding hydrogens is 572 g/mol. The zero-order valence-corrected chi connectivity index (χ0v) is 23.6. The van der Waals surface area contributed by atoms with Gasteiger partial charge in [0.1, 0.15) is 12.3 Å². The Kier molecular flexibility index (Phi) is 10.0. The summed E-state index contributed by atoms with van der Waals surface area (Å²) < 4.78 is 34.1. The predicted molar refractivity (Wildman–Crippen MR) is 151 cm³/mol. The molecule has 0 radical (unpaired) electrons. The number of ether oxygens (including phenoxy) is 1. The van der Waals surface area contributed by atoms with E-state index in [9.17, 15) is 18.0 Å². The standard InChI is InChI=1S/C27H29BrN4O5S/c1-19(2)30-27(34)18-37-24-12-6-21(7-13-24)16-29-31-26(33)17-32(23-10-8-22(28)9-11-23)38(35,36)25-14-4-20(3)5-15-25/h4-16,19H,17-18H2,1-3H3,(H,30,34)(H,31,33)/b29-16-. The highest BCUT2D eigenvalue weighted by Gasteiger charge is 2.27. The molecule has 0 aliphatic rings. The molecule has 9 nitrogen and oxygen atoms in total. The molecular formula is C27H29BrN4O5S. The lowest BCUT2D eigenvalue weighted by atomic mass is 10.2. The van der Waals surface area contributed by atoms with Gasteiger partial charge in [0.25, 0.3) is 21.8 Å². The van der Waals surface area contributed by atoms with Crippen LogP contribution in [-0.2, 0) is 19.6 Å². The lowest BCUT2D eigenvalue weighted by Gasteiger charge is -2.23. The molecule has 0 atom stereocenters. The van der Waals surface area contributed by atoms with E-state index in [4.69, 9.17) is 4.74 Å². The number of carbonyl (C=O) groups is 2. The quantitative estimate of drug-likeness (QED) is 0.255. The van der Waals surface area contributed by atoms with Crippen molar-refractivity contribution in [2.75, 3.05) is 17.5 Å². The van der Waals surface area contributed by atoms with E-state index < -0.39 is 22.5 Å². The van der Waals surface area contributed by atoms with Gasteiger partial charge in [-0.15, -0.1) is 0 Å². The van der Waals surface area contributed by atoms with Crippen LogP contribution in [0.25, 0.3) is 0 Å². The van der Waals surface area contributed by atoms with Gasteiger partial charge in [0.05, 0.1) is 16.8 Å². The van der Waals surface area contributed by atoms with E-state index in [-0.39, 0.29) is 23.5 Å². The first kappa shape index (κ1) is 28.9. The van der Waals surface area contributed by atoms with Crippen LogP contribution in [0.5, 0.6) is 5.75 Å². The number of sulfonamides is 1. The maximum absolute atomic E-state index is 13.4. The molecule has 2 N–H and O–H groups in total. The fraction of sp³-hybridized carbons (Fsp3) is 0.222. The normalized spacial score (nSPS) is 11.4. The summed E-state index contributed by atoms with van der Waals surface area (Å²) in [5, 5.41) is 6.69. The Balaban J connectivity index is 1.66. The molecule has 0 saturated heterocycles. The first-order valence-corrected chi connectivity index (χ1v) is 14.0. The number of amides is 2. The van der Waals surface area contributed by atoms with Crippen LogP contribution in [-0.4, -0.2) is 45.6 Å². The largest absolute Gasteiger partial charge is 0.484 e. The van der Waals surface area contributed by atoms with Crippen molar-refractivity contribution < 1.29 is 22.7 Å². The first-order chi connectivity index (χ1) is 18.0. The zero-order valence-electron chi connectivity index (χ0n) is 21.2. The maximum Gasteiger partial charge on any atom is 0.264 e. The zero-order chi connectivity index (χ0) is 27.7. The third-order valence-corrected chi connectivity index (χ3v) is 7.43. The number of hydrogen-bond donors (Lipinski definition) is 2. The van der Waals surface area contributed by atoms with Crippen LogP contribution in [0.3, 0.4) is 0 Å². The van der Waals surface area contributed by atoms with E-state index in [1.54, 1.807) is 60.7 Å². The predicted octanol–water partition coefficient (Wildman–Crippen LogP) is 4.01. The minimum atomic E-state index is -4.02. The van der Waals surface area contributed by atoms with Crippen molar-refractivity contribution in [2.45, 2.75) is 31.7 Å². The second-order valence-electron chi connectivity index (χ2n) is 8.67. The highest BCUT2D eigenvalue weighted by molar-refractivity contribution is 9.10. The van der Waals surface area contributed by atoms with Gasteiger partial charge >= 0.3 is 0 Å². The summed E-state index contributed by atoms with van der Waals surface area (Å²) in [7, 11) is -4.02. The van der Waals surface area contributed by atoms with Crippen LogP contribution in [0, 0.1) is 6.92 Å². The number of aryl methyl sites for hydroxylation is 1. The maximum atomic E-state index is 13.4. The van der Waals surface area contributed by atoms with E-state index >= 15 is 0 Å². The summed E-state index contributed by atoms with van der Waals surface area (Å²) in [5.74, 6) is -0.317. The molecule has 3 rings (SSSR count). The second kappa shape index (κ2) is 13.2. The van der Waals surface area contributed by atoms with Gasteiger partial charge < -0.3 is 10.1 Å². The molecule has 0 aliphatic heterocycles. The highest BCUT2D eigenvalue weighted by Crippen LogP contribution is 2.25. The minimum Gasteiger partial charge on any atom is -0.484 e. The molecule has 0 bridgehead atoms. The van der Waals surface area contributed by atoms with Gasteiger partial charge in [-0.3, -0.25) is 13.9 Å². The minimum absolute atomic E-state index is 0.0320. The smallest absolute Gasteiger partial charge is 0.264 e. The average Bonchev–Trinajstić information content (AvgIpc) is 2.87. The van der Waals surface area contributed by atoms with Gasteiger partial charge in [-0.25, -0.2) is 13.8 Å². The molecule has 2 amide bonds. The van der Waals surface area contributed by atoms with Gasteiger partial charge in [-0.1, -0.05) is 33.6 Å². The van der Waals surface area contributed by atoms with E-state index in [2.05, 4.69) is 31.8 Å². The van der Waals surface area contributed by atoms with Crippen LogP contribution in [0.1, 0.15) is 25.0 Å². The van der Waals surface area contributed by atoms with Crippen LogP contribution in [0.2, 0.25) is 0 Å². The van der Waals surface area contributed by atoms with Crippen molar-refractivity contribution in [3.05, 3.63) is 88.4 Å². The Morgan fingerprint density at radius 3 is 2.21 bits per heavy atom. The molecule has 38 heavy (non-hydrogen) atoms. The monoisotopic (exact) mass is 600 g/mol. The SMILES string of the molecule is Cc1ccc(S(=O)(=O)N(CC(=O)N/N=C\c2ccc(OCC(=O)NC(C)C)cc2)c2ccc(Br)cc2)cc1. The number of carbonyl (C=O) groups excluding carboxylic acids is 2. The average molecular weight is 602 g/mol. The second-order valence-corrected chi connectivity index (χ2v) is 11.5. The highest BCUT2D eigenvalue weighted by atomic mass is 79.9. The van der Waals surface area contributed by atoms with E-state index in [1.165, 1.54) is 18.3 Å². The van der Waals surface area contributed by atoms with Crippen LogP contribution >= 0.6 is 15.9 Å². The molecule has 0 heterocycles. The summed E-state index contributed by atoms with van der Waals surface area (Å²) in [4.78, 5) is 24.5. The number of hydrogen-bond acceptors (Lipinski definition) is 6. The summed E-state index contributed by atoms with van der Waals surface area (Å²) >= 11 is 3.34. The number of hydrazone groups is 1. The van der Waals surface area contributed by atoms with Crippen molar-refractivity contribution in [1.82, 2.24) is 10.7 Å². The van der Waals surface area contributed by atoms with E-state index in [0.29, 0.717) is 17.0 Å². The third-order valence-electron chi connectivity index (χ3n) is 5.11. The van der Waals surface area contributed by atoms with Crippen molar-refractivity contribution in [3.63, 3.8) is 0 Å². The van der Waals surface area contributed by atoms with Gasteiger partial charge in [0.15, 0.2) is 6.61 Å².